The lowest BCUT2D eigenvalue weighted by molar-refractivity contribution is 0.194. The summed E-state index contributed by atoms with van der Waals surface area (Å²) >= 11 is 0. The fourth-order valence-electron chi connectivity index (χ4n) is 2.02. The van der Waals surface area contributed by atoms with E-state index < -0.39 is 6.10 Å². The lowest BCUT2D eigenvalue weighted by Gasteiger charge is -2.12. The van der Waals surface area contributed by atoms with Gasteiger partial charge < -0.3 is 14.8 Å². The van der Waals surface area contributed by atoms with Gasteiger partial charge in [-0.3, -0.25) is 4.79 Å². The maximum absolute atomic E-state index is 12.0. The quantitative estimate of drug-likeness (QED) is 0.818. The third kappa shape index (κ3) is 1.91. The van der Waals surface area contributed by atoms with Crippen LogP contribution >= 0.6 is 0 Å². The van der Waals surface area contributed by atoms with Gasteiger partial charge in [-0.25, -0.2) is 0 Å². The average Bonchev–Trinajstić information content (AvgIpc) is 2.31. The van der Waals surface area contributed by atoms with Crippen molar-refractivity contribution in [3.8, 4) is 5.75 Å². The number of aliphatic hydroxyl groups is 1. The molecule has 17 heavy (non-hydrogen) atoms. The average molecular weight is 233 g/mol. The van der Waals surface area contributed by atoms with Crippen molar-refractivity contribution >= 4 is 10.9 Å². The minimum atomic E-state index is -0.658. The van der Waals surface area contributed by atoms with Crippen molar-refractivity contribution in [1.82, 2.24) is 4.57 Å². The lowest BCUT2D eigenvalue weighted by Crippen LogP contribution is -2.24. The summed E-state index contributed by atoms with van der Waals surface area (Å²) in [6.07, 6.45) is -0.502. The SMILES string of the molecule is CC(O)Cc1c(O)c2ccccc2n(C)c1=O. The van der Waals surface area contributed by atoms with E-state index in [1.54, 1.807) is 32.2 Å². The highest BCUT2D eigenvalue weighted by atomic mass is 16.3. The van der Waals surface area contributed by atoms with Crippen molar-refractivity contribution in [1.29, 1.82) is 0 Å². The Hall–Kier alpha value is -1.81. The van der Waals surface area contributed by atoms with E-state index >= 15 is 0 Å². The van der Waals surface area contributed by atoms with Gasteiger partial charge in [-0.15, -0.1) is 0 Å². The summed E-state index contributed by atoms with van der Waals surface area (Å²) in [6.45, 7) is 1.59. The summed E-state index contributed by atoms with van der Waals surface area (Å²) in [4.78, 5) is 12.0. The maximum Gasteiger partial charge on any atom is 0.257 e. The van der Waals surface area contributed by atoms with Crippen LogP contribution in [0.25, 0.3) is 10.9 Å². The number of fused-ring (bicyclic) bond motifs is 1. The predicted molar refractivity (Wildman–Crippen MR) is 66.2 cm³/mol. The third-order valence-electron chi connectivity index (χ3n) is 2.87. The number of pyridine rings is 1. The molecule has 0 saturated heterocycles. The van der Waals surface area contributed by atoms with Gasteiger partial charge in [0.1, 0.15) is 5.75 Å². The van der Waals surface area contributed by atoms with Crippen molar-refractivity contribution in [2.45, 2.75) is 19.4 Å². The van der Waals surface area contributed by atoms with Gasteiger partial charge >= 0.3 is 0 Å². The highest BCUT2D eigenvalue weighted by molar-refractivity contribution is 5.86. The zero-order chi connectivity index (χ0) is 12.6. The summed E-state index contributed by atoms with van der Waals surface area (Å²) in [5.41, 5.74) is 0.688. The molecule has 0 saturated carbocycles. The molecule has 0 fully saturated rings. The van der Waals surface area contributed by atoms with E-state index in [1.165, 1.54) is 4.57 Å². The van der Waals surface area contributed by atoms with E-state index in [4.69, 9.17) is 0 Å². The maximum atomic E-state index is 12.0. The molecule has 2 N–H and O–H groups in total. The highest BCUT2D eigenvalue weighted by Crippen LogP contribution is 2.26. The van der Waals surface area contributed by atoms with E-state index in [2.05, 4.69) is 0 Å². The van der Waals surface area contributed by atoms with Crippen molar-refractivity contribution < 1.29 is 10.2 Å². The van der Waals surface area contributed by atoms with E-state index in [0.29, 0.717) is 10.9 Å². The van der Waals surface area contributed by atoms with Crippen LogP contribution in [0.3, 0.4) is 0 Å². The molecular formula is C13H15NO3. The Labute approximate surface area is 98.8 Å². The Balaban J connectivity index is 2.82. The molecule has 0 radical (unpaired) electrons. The topological polar surface area (TPSA) is 62.5 Å². The van der Waals surface area contributed by atoms with Gasteiger partial charge in [0.2, 0.25) is 0 Å². The van der Waals surface area contributed by atoms with Crippen LogP contribution < -0.4 is 5.56 Å². The molecule has 2 aromatic rings. The number of hydrogen-bond donors (Lipinski definition) is 2. The van der Waals surface area contributed by atoms with Crippen LogP contribution in [0.2, 0.25) is 0 Å². The smallest absolute Gasteiger partial charge is 0.257 e. The van der Waals surface area contributed by atoms with E-state index in [-0.39, 0.29) is 23.3 Å². The molecule has 0 amide bonds. The summed E-state index contributed by atoms with van der Waals surface area (Å²) in [5.74, 6) is -0.0235. The number of para-hydroxylation sites is 1. The number of rotatable bonds is 2. The highest BCUT2D eigenvalue weighted by Gasteiger charge is 2.15. The molecule has 0 aliphatic heterocycles. The van der Waals surface area contributed by atoms with Crippen LogP contribution in [0.15, 0.2) is 29.1 Å². The molecule has 0 aliphatic carbocycles. The molecule has 4 nitrogen and oxygen atoms in total. The summed E-state index contributed by atoms with van der Waals surface area (Å²) in [5, 5.41) is 20.1. The van der Waals surface area contributed by atoms with Crippen LogP contribution in [0.1, 0.15) is 12.5 Å². The zero-order valence-electron chi connectivity index (χ0n) is 9.84. The fraction of sp³-hybridized carbons (Fsp3) is 0.308. The Bertz CT molecular complexity index is 614. The fourth-order valence-corrected chi connectivity index (χ4v) is 2.02. The first kappa shape index (κ1) is 11.7. The summed E-state index contributed by atoms with van der Waals surface area (Å²) in [7, 11) is 1.66. The van der Waals surface area contributed by atoms with Gasteiger partial charge in [-0.1, -0.05) is 12.1 Å². The molecule has 4 heteroatoms. The van der Waals surface area contributed by atoms with Gasteiger partial charge in [0.05, 0.1) is 17.2 Å². The Kier molecular flexibility index (Phi) is 2.90. The van der Waals surface area contributed by atoms with Crippen LogP contribution in [-0.4, -0.2) is 20.9 Å². The number of aryl methyl sites for hydroxylation is 1. The molecule has 1 atom stereocenters. The van der Waals surface area contributed by atoms with E-state index in [0.717, 1.165) is 0 Å². The second-order valence-corrected chi connectivity index (χ2v) is 4.26. The Morgan fingerprint density at radius 2 is 2.00 bits per heavy atom. The second kappa shape index (κ2) is 4.22. The number of benzene rings is 1. The van der Waals surface area contributed by atoms with Gasteiger partial charge in [-0.05, 0) is 19.1 Å². The number of aromatic nitrogens is 1. The zero-order valence-corrected chi connectivity index (χ0v) is 9.84. The van der Waals surface area contributed by atoms with Crippen molar-refractivity contribution in [3.05, 3.63) is 40.2 Å². The molecule has 1 unspecified atom stereocenters. The van der Waals surface area contributed by atoms with Gasteiger partial charge in [0, 0.05) is 18.9 Å². The molecule has 1 aromatic carbocycles. The Morgan fingerprint density at radius 1 is 1.35 bits per heavy atom. The lowest BCUT2D eigenvalue weighted by atomic mass is 10.1. The third-order valence-corrected chi connectivity index (χ3v) is 2.87. The molecule has 2 rings (SSSR count). The minimum Gasteiger partial charge on any atom is -0.507 e. The molecule has 0 spiro atoms. The second-order valence-electron chi connectivity index (χ2n) is 4.26. The minimum absolute atomic E-state index is 0.0235. The normalized spacial score (nSPS) is 12.9. The van der Waals surface area contributed by atoms with Crippen molar-refractivity contribution in [3.63, 3.8) is 0 Å². The molecule has 90 valence electrons. The van der Waals surface area contributed by atoms with Gasteiger partial charge in [0.25, 0.3) is 5.56 Å². The van der Waals surface area contributed by atoms with E-state index in [9.17, 15) is 15.0 Å². The van der Waals surface area contributed by atoms with Crippen LogP contribution in [0, 0.1) is 0 Å². The number of hydrogen-bond acceptors (Lipinski definition) is 3. The first-order chi connectivity index (χ1) is 8.02. The van der Waals surface area contributed by atoms with Gasteiger partial charge in [0.15, 0.2) is 0 Å². The van der Waals surface area contributed by atoms with Gasteiger partial charge in [-0.2, -0.15) is 0 Å². The molecular weight excluding hydrogens is 218 g/mol. The summed E-state index contributed by atoms with van der Waals surface area (Å²) < 4.78 is 1.49. The molecule has 1 heterocycles. The van der Waals surface area contributed by atoms with Crippen LogP contribution in [0.5, 0.6) is 5.75 Å². The number of aromatic hydroxyl groups is 1. The monoisotopic (exact) mass is 233 g/mol. The predicted octanol–water partition coefficient (Wildman–Crippen LogP) is 1.17. The standard InChI is InChI=1S/C13H15NO3/c1-8(15)7-10-12(16)9-5-3-4-6-11(9)14(2)13(10)17/h3-6,8,15-16H,7H2,1-2H3. The molecule has 0 aliphatic rings. The van der Waals surface area contributed by atoms with Crippen LogP contribution in [0.4, 0.5) is 0 Å². The van der Waals surface area contributed by atoms with E-state index in [1.807, 2.05) is 6.07 Å². The molecule has 1 aromatic heterocycles. The van der Waals surface area contributed by atoms with Crippen molar-refractivity contribution in [2.24, 2.45) is 7.05 Å². The number of nitrogens with zero attached hydrogens (tertiary/aromatic N) is 1. The first-order valence-electron chi connectivity index (χ1n) is 5.50. The Morgan fingerprint density at radius 3 is 2.65 bits per heavy atom. The largest absolute Gasteiger partial charge is 0.507 e. The summed E-state index contributed by atoms with van der Waals surface area (Å²) in [6, 6.07) is 7.16. The first-order valence-corrected chi connectivity index (χ1v) is 5.50. The van der Waals surface area contributed by atoms with Crippen LogP contribution in [-0.2, 0) is 13.5 Å². The van der Waals surface area contributed by atoms with Crippen molar-refractivity contribution in [2.75, 3.05) is 0 Å². The molecule has 0 bridgehead atoms. The number of aliphatic hydroxyl groups excluding tert-OH is 1.